The molecule has 0 saturated carbocycles. The van der Waals surface area contributed by atoms with E-state index in [-0.39, 0.29) is 11.9 Å². The zero-order chi connectivity index (χ0) is 31.0. The number of alkyl halides is 6. The molecule has 228 valence electrons. The summed E-state index contributed by atoms with van der Waals surface area (Å²) >= 11 is 0. The van der Waals surface area contributed by atoms with E-state index in [0.29, 0.717) is 12.6 Å². The summed E-state index contributed by atoms with van der Waals surface area (Å²) in [5.41, 5.74) is 8.71. The maximum absolute atomic E-state index is 11.6. The summed E-state index contributed by atoms with van der Waals surface area (Å²) in [6, 6.07) is 4.42. The van der Waals surface area contributed by atoms with Gasteiger partial charge in [-0.25, -0.2) is 14.3 Å². The van der Waals surface area contributed by atoms with Gasteiger partial charge in [-0.15, -0.1) is 5.10 Å². The first kappa shape index (κ1) is 33.2. The van der Waals surface area contributed by atoms with E-state index in [1.54, 1.807) is 0 Å². The van der Waals surface area contributed by atoms with Crippen LogP contribution in [0.5, 0.6) is 0 Å². The van der Waals surface area contributed by atoms with Crippen molar-refractivity contribution in [1.82, 2.24) is 24.9 Å². The molecule has 41 heavy (non-hydrogen) atoms. The first-order valence-corrected chi connectivity index (χ1v) is 12.2. The topological polar surface area (TPSA) is 168 Å². The summed E-state index contributed by atoms with van der Waals surface area (Å²) in [4.78, 5) is 38.1. The second-order valence-electron chi connectivity index (χ2n) is 9.20. The van der Waals surface area contributed by atoms with E-state index in [1.807, 2.05) is 24.0 Å². The number of carboxylic acids is 2. The molecule has 0 aromatic carbocycles. The van der Waals surface area contributed by atoms with E-state index in [2.05, 4.69) is 37.2 Å². The molecular formula is C23H29F6N7O5. The lowest BCUT2D eigenvalue weighted by atomic mass is 10.0. The maximum Gasteiger partial charge on any atom is 0.490 e. The fourth-order valence-electron chi connectivity index (χ4n) is 4.23. The fraction of sp³-hybridized carbons (Fsp3) is 0.565. The Morgan fingerprint density at radius 2 is 1.56 bits per heavy atom. The minimum Gasteiger partial charge on any atom is -0.475 e. The van der Waals surface area contributed by atoms with Gasteiger partial charge in [0.25, 0.3) is 0 Å². The average molecular weight is 598 g/mol. The first-order chi connectivity index (χ1) is 19.0. The number of anilines is 1. The van der Waals surface area contributed by atoms with Crippen molar-refractivity contribution in [3.63, 3.8) is 0 Å². The molecule has 18 heteroatoms. The Morgan fingerprint density at radius 1 is 1.00 bits per heavy atom. The third-order valence-corrected chi connectivity index (χ3v) is 6.18. The molecule has 2 aliphatic heterocycles. The number of aryl methyl sites for hydroxylation is 1. The number of hydrogen-bond acceptors (Lipinski definition) is 8. The molecule has 2 aromatic heterocycles. The van der Waals surface area contributed by atoms with E-state index < -0.39 is 24.3 Å². The van der Waals surface area contributed by atoms with E-state index >= 15 is 0 Å². The number of carbonyl (C=O) groups is 3. The van der Waals surface area contributed by atoms with Gasteiger partial charge in [0, 0.05) is 37.2 Å². The number of hydrogen-bond donors (Lipinski definition) is 3. The van der Waals surface area contributed by atoms with E-state index in [0.717, 1.165) is 56.7 Å². The quantitative estimate of drug-likeness (QED) is 0.436. The molecule has 4 heterocycles. The van der Waals surface area contributed by atoms with Gasteiger partial charge in [0.15, 0.2) is 0 Å². The number of pyridine rings is 1. The van der Waals surface area contributed by atoms with Gasteiger partial charge in [0.2, 0.25) is 5.91 Å². The highest BCUT2D eigenvalue weighted by atomic mass is 19.4. The standard InChI is InChI=1S/C19H27N7O.2C2HF3O2/c1-14-11-17(4-7-21-14)24-9-5-16(6-10-24)26-13-15(22-23-26)12-25-8-2-3-18(25)19(20)27;2*3-2(4,5)1(6)7/h4,7,11,13,16,18H,2-3,5-6,8-10,12H2,1H3,(H2,20,27);2*(H,6,7)/t18-;;/m0../s1. The Labute approximate surface area is 229 Å². The van der Waals surface area contributed by atoms with Crippen LogP contribution in [0.4, 0.5) is 32.0 Å². The van der Waals surface area contributed by atoms with Crippen LogP contribution in [0.15, 0.2) is 24.5 Å². The molecule has 0 aliphatic carbocycles. The van der Waals surface area contributed by atoms with Gasteiger partial charge in [-0.3, -0.25) is 14.7 Å². The van der Waals surface area contributed by atoms with Gasteiger partial charge in [-0.1, -0.05) is 5.21 Å². The third kappa shape index (κ3) is 10.5. The zero-order valence-electron chi connectivity index (χ0n) is 21.8. The van der Waals surface area contributed by atoms with E-state index in [9.17, 15) is 31.1 Å². The van der Waals surface area contributed by atoms with Gasteiger partial charge in [0.05, 0.1) is 24.0 Å². The molecule has 1 atom stereocenters. The van der Waals surface area contributed by atoms with E-state index in [4.69, 9.17) is 25.5 Å². The number of carbonyl (C=O) groups excluding carboxylic acids is 1. The Morgan fingerprint density at radius 3 is 2.05 bits per heavy atom. The largest absolute Gasteiger partial charge is 0.490 e. The predicted molar refractivity (Wildman–Crippen MR) is 129 cm³/mol. The van der Waals surface area contributed by atoms with Gasteiger partial charge < -0.3 is 20.8 Å². The Balaban J connectivity index is 0.000000349. The predicted octanol–water partition coefficient (Wildman–Crippen LogP) is 2.54. The smallest absolute Gasteiger partial charge is 0.475 e. The van der Waals surface area contributed by atoms with Crippen LogP contribution in [-0.2, 0) is 20.9 Å². The van der Waals surface area contributed by atoms with Crippen molar-refractivity contribution in [2.45, 2.75) is 63.6 Å². The lowest BCUT2D eigenvalue weighted by Gasteiger charge is -2.33. The number of carboxylic acid groups (broad SMARTS) is 2. The fourth-order valence-corrected chi connectivity index (χ4v) is 4.23. The first-order valence-electron chi connectivity index (χ1n) is 12.2. The van der Waals surface area contributed by atoms with Crippen molar-refractivity contribution in [2.24, 2.45) is 5.73 Å². The number of likely N-dealkylation sites (tertiary alicyclic amines) is 1. The van der Waals surface area contributed by atoms with Gasteiger partial charge in [-0.05, 0) is 51.3 Å². The van der Waals surface area contributed by atoms with Crippen molar-refractivity contribution < 1.29 is 50.9 Å². The molecule has 12 nitrogen and oxygen atoms in total. The second-order valence-corrected chi connectivity index (χ2v) is 9.20. The van der Waals surface area contributed by atoms with Crippen LogP contribution >= 0.6 is 0 Å². The second kappa shape index (κ2) is 14.1. The van der Waals surface area contributed by atoms with Crippen LogP contribution in [0.25, 0.3) is 0 Å². The average Bonchev–Trinajstić information content (AvgIpc) is 3.54. The highest BCUT2D eigenvalue weighted by Gasteiger charge is 2.39. The van der Waals surface area contributed by atoms with Crippen LogP contribution < -0.4 is 10.6 Å². The zero-order valence-corrected chi connectivity index (χ0v) is 21.8. The maximum atomic E-state index is 11.6. The van der Waals surface area contributed by atoms with Crippen molar-refractivity contribution in [1.29, 1.82) is 0 Å². The normalized spacial score (nSPS) is 18.1. The lowest BCUT2D eigenvalue weighted by molar-refractivity contribution is -0.193. The molecular weight excluding hydrogens is 568 g/mol. The van der Waals surface area contributed by atoms with Crippen LogP contribution in [0, 0.1) is 6.92 Å². The minimum absolute atomic E-state index is 0.165. The van der Waals surface area contributed by atoms with Crippen LogP contribution in [0.1, 0.15) is 43.1 Å². The molecule has 0 radical (unpaired) electrons. The number of piperidine rings is 1. The molecule has 2 aliphatic rings. The van der Waals surface area contributed by atoms with Crippen molar-refractivity contribution in [3.05, 3.63) is 35.9 Å². The summed E-state index contributed by atoms with van der Waals surface area (Å²) < 4.78 is 65.5. The van der Waals surface area contributed by atoms with Gasteiger partial charge in [0.1, 0.15) is 0 Å². The Bertz CT molecular complexity index is 1160. The molecule has 1 amide bonds. The Hall–Kier alpha value is -3.96. The SMILES string of the molecule is Cc1cc(N2CCC(n3cc(CN4CCC[C@H]4C(N)=O)nn3)CC2)ccn1.O=C(O)C(F)(F)F.O=C(O)C(F)(F)F. The van der Waals surface area contributed by atoms with Gasteiger partial charge >= 0.3 is 24.3 Å². The minimum atomic E-state index is -5.08. The lowest BCUT2D eigenvalue weighted by Crippen LogP contribution is -2.39. The number of primary amides is 1. The molecule has 0 spiro atoms. The number of aliphatic carboxylic acids is 2. The molecule has 0 bridgehead atoms. The number of nitrogens with two attached hydrogens (primary N) is 1. The van der Waals surface area contributed by atoms with Crippen LogP contribution in [0.2, 0.25) is 0 Å². The molecule has 0 unspecified atom stereocenters. The number of amides is 1. The highest BCUT2D eigenvalue weighted by molar-refractivity contribution is 5.80. The number of halogens is 6. The number of aromatic nitrogens is 4. The van der Waals surface area contributed by atoms with Gasteiger partial charge in [-0.2, -0.15) is 26.3 Å². The van der Waals surface area contributed by atoms with Crippen molar-refractivity contribution in [2.75, 3.05) is 24.5 Å². The third-order valence-electron chi connectivity index (χ3n) is 6.18. The summed E-state index contributed by atoms with van der Waals surface area (Å²) in [5.74, 6) is -5.75. The summed E-state index contributed by atoms with van der Waals surface area (Å²) in [6.45, 7) is 5.56. The molecule has 4 rings (SSSR count). The highest BCUT2D eigenvalue weighted by Crippen LogP contribution is 2.27. The summed E-state index contributed by atoms with van der Waals surface area (Å²) in [6.07, 6.45) is -2.33. The van der Waals surface area contributed by atoms with E-state index in [1.165, 1.54) is 5.69 Å². The summed E-state index contributed by atoms with van der Waals surface area (Å²) in [5, 5.41) is 22.9. The molecule has 2 aromatic rings. The Kier molecular flexibility index (Phi) is 11.4. The monoisotopic (exact) mass is 597 g/mol. The molecule has 2 fully saturated rings. The number of nitrogens with zero attached hydrogens (tertiary/aromatic N) is 6. The van der Waals surface area contributed by atoms with Crippen LogP contribution in [-0.4, -0.2) is 91.0 Å². The van der Waals surface area contributed by atoms with Crippen LogP contribution in [0.3, 0.4) is 0 Å². The summed E-state index contributed by atoms with van der Waals surface area (Å²) in [7, 11) is 0. The van der Waals surface area contributed by atoms with Crippen molar-refractivity contribution >= 4 is 23.5 Å². The van der Waals surface area contributed by atoms with Crippen molar-refractivity contribution in [3.8, 4) is 0 Å². The number of rotatable bonds is 5. The molecule has 2 saturated heterocycles. The molecule has 4 N–H and O–H groups in total.